The van der Waals surface area contributed by atoms with E-state index in [1.54, 1.807) is 29.7 Å². The molecule has 2 rings (SSSR count). The van der Waals surface area contributed by atoms with Gasteiger partial charge in [-0.25, -0.2) is 0 Å². The van der Waals surface area contributed by atoms with Crippen molar-refractivity contribution in [3.05, 3.63) is 62.4 Å². The monoisotopic (exact) mass is 301 g/mol. The van der Waals surface area contributed by atoms with Crippen molar-refractivity contribution in [2.24, 2.45) is 5.73 Å². The molecular formula is C16H19N3O3. The average molecular weight is 301 g/mol. The van der Waals surface area contributed by atoms with E-state index < -0.39 is 4.92 Å². The van der Waals surface area contributed by atoms with Crippen LogP contribution < -0.4 is 11.3 Å². The van der Waals surface area contributed by atoms with Crippen LogP contribution in [0, 0.1) is 10.1 Å². The summed E-state index contributed by atoms with van der Waals surface area (Å²) in [6.45, 7) is 5.61. The fourth-order valence-electron chi connectivity index (χ4n) is 2.42. The molecule has 0 aliphatic rings. The van der Waals surface area contributed by atoms with Gasteiger partial charge in [0.15, 0.2) is 0 Å². The van der Waals surface area contributed by atoms with Gasteiger partial charge in [0.2, 0.25) is 0 Å². The van der Waals surface area contributed by atoms with Gasteiger partial charge in [-0.1, -0.05) is 0 Å². The van der Waals surface area contributed by atoms with Gasteiger partial charge >= 0.3 is 0 Å². The van der Waals surface area contributed by atoms with Crippen molar-refractivity contribution in [2.45, 2.75) is 32.9 Å². The van der Waals surface area contributed by atoms with E-state index >= 15 is 0 Å². The first-order chi connectivity index (χ1) is 10.3. The van der Waals surface area contributed by atoms with E-state index in [4.69, 9.17) is 5.73 Å². The summed E-state index contributed by atoms with van der Waals surface area (Å²) in [5, 5.41) is 10.7. The average Bonchev–Trinajstić information content (AvgIpc) is 2.46. The molecule has 1 unspecified atom stereocenters. The molecule has 6 heteroatoms. The van der Waals surface area contributed by atoms with Crippen molar-refractivity contribution in [3.63, 3.8) is 0 Å². The lowest BCUT2D eigenvalue weighted by molar-refractivity contribution is -0.384. The Balaban J connectivity index is 2.62. The topological polar surface area (TPSA) is 91.2 Å². The predicted octanol–water partition coefficient (Wildman–Crippen LogP) is 3.02. The van der Waals surface area contributed by atoms with Crippen LogP contribution in [0.3, 0.4) is 0 Å². The molecule has 1 heterocycles. The van der Waals surface area contributed by atoms with E-state index in [9.17, 15) is 14.9 Å². The molecule has 22 heavy (non-hydrogen) atoms. The number of aromatic nitrogens is 1. The highest BCUT2D eigenvalue weighted by molar-refractivity contribution is 5.62. The van der Waals surface area contributed by atoms with Crippen molar-refractivity contribution in [3.8, 4) is 11.3 Å². The molecule has 0 bridgehead atoms. The number of hydrogen-bond acceptors (Lipinski definition) is 4. The first-order valence-corrected chi connectivity index (χ1v) is 7.08. The number of rotatable bonds is 4. The summed E-state index contributed by atoms with van der Waals surface area (Å²) in [6, 6.07) is 9.34. The Labute approximate surface area is 128 Å². The summed E-state index contributed by atoms with van der Waals surface area (Å²) in [7, 11) is 0. The number of nitrogens with two attached hydrogens (primary N) is 1. The van der Waals surface area contributed by atoms with Crippen LogP contribution in [0.2, 0.25) is 0 Å². The summed E-state index contributed by atoms with van der Waals surface area (Å²) in [4.78, 5) is 22.9. The van der Waals surface area contributed by atoms with Crippen LogP contribution in [0.15, 0.2) is 41.2 Å². The Morgan fingerprint density at radius 2 is 1.68 bits per heavy atom. The molecule has 2 aromatic rings. The van der Waals surface area contributed by atoms with Gasteiger partial charge in [0.05, 0.1) is 10.6 Å². The van der Waals surface area contributed by atoms with E-state index in [0.717, 1.165) is 11.3 Å². The molecule has 116 valence electrons. The van der Waals surface area contributed by atoms with Crippen LogP contribution in [0.4, 0.5) is 5.69 Å². The number of nitrogens with zero attached hydrogens (tertiary/aromatic N) is 2. The second-order valence-electron chi connectivity index (χ2n) is 5.54. The van der Waals surface area contributed by atoms with Crippen LogP contribution in [0.1, 0.15) is 38.4 Å². The Bertz CT molecular complexity index is 746. The number of hydrogen-bond donors (Lipinski definition) is 1. The number of nitro benzene ring substituents is 1. The van der Waals surface area contributed by atoms with Gasteiger partial charge in [-0.3, -0.25) is 14.9 Å². The normalized spacial score (nSPS) is 12.4. The number of non-ortho nitro benzene ring substituents is 1. The van der Waals surface area contributed by atoms with E-state index in [-0.39, 0.29) is 23.3 Å². The van der Waals surface area contributed by atoms with Crippen molar-refractivity contribution >= 4 is 5.69 Å². The Kier molecular flexibility index (Phi) is 4.42. The molecule has 0 spiro atoms. The van der Waals surface area contributed by atoms with Crippen molar-refractivity contribution in [1.29, 1.82) is 0 Å². The SMILES string of the molecule is CC(N)c1ccc(-c2ccc([N+](=O)[O-])cc2)n(C(C)C)c1=O. The van der Waals surface area contributed by atoms with Gasteiger partial charge in [-0.15, -0.1) is 0 Å². The first-order valence-electron chi connectivity index (χ1n) is 7.08. The minimum absolute atomic E-state index is 0.0226. The molecule has 0 aliphatic heterocycles. The van der Waals surface area contributed by atoms with Gasteiger partial charge in [-0.2, -0.15) is 0 Å². The van der Waals surface area contributed by atoms with Crippen LogP contribution in [-0.4, -0.2) is 9.49 Å². The van der Waals surface area contributed by atoms with E-state index in [1.807, 2.05) is 19.9 Å². The molecular weight excluding hydrogens is 282 g/mol. The maximum Gasteiger partial charge on any atom is 0.269 e. The third kappa shape index (κ3) is 2.92. The largest absolute Gasteiger partial charge is 0.324 e. The summed E-state index contributed by atoms with van der Waals surface area (Å²) in [5.41, 5.74) is 7.77. The highest BCUT2D eigenvalue weighted by atomic mass is 16.6. The number of pyridine rings is 1. The van der Waals surface area contributed by atoms with Crippen molar-refractivity contribution < 1.29 is 4.92 Å². The summed E-state index contributed by atoms with van der Waals surface area (Å²) < 4.78 is 1.67. The smallest absolute Gasteiger partial charge is 0.269 e. The minimum Gasteiger partial charge on any atom is -0.324 e. The zero-order valence-corrected chi connectivity index (χ0v) is 12.8. The molecule has 6 nitrogen and oxygen atoms in total. The van der Waals surface area contributed by atoms with Crippen LogP contribution in [0.25, 0.3) is 11.3 Å². The third-order valence-corrected chi connectivity index (χ3v) is 3.53. The molecule has 0 aliphatic carbocycles. The molecule has 0 fully saturated rings. The molecule has 2 N–H and O–H groups in total. The molecule has 1 aromatic heterocycles. The Morgan fingerprint density at radius 1 is 1.09 bits per heavy atom. The Morgan fingerprint density at radius 3 is 2.14 bits per heavy atom. The summed E-state index contributed by atoms with van der Waals surface area (Å²) >= 11 is 0. The second-order valence-corrected chi connectivity index (χ2v) is 5.54. The molecule has 0 radical (unpaired) electrons. The summed E-state index contributed by atoms with van der Waals surface area (Å²) in [6.07, 6.45) is 0. The maximum absolute atomic E-state index is 12.6. The highest BCUT2D eigenvalue weighted by Crippen LogP contribution is 2.24. The van der Waals surface area contributed by atoms with E-state index in [0.29, 0.717) is 5.56 Å². The van der Waals surface area contributed by atoms with Gasteiger partial charge in [0, 0.05) is 29.8 Å². The van der Waals surface area contributed by atoms with Crippen molar-refractivity contribution in [2.75, 3.05) is 0 Å². The van der Waals surface area contributed by atoms with Gasteiger partial charge in [0.25, 0.3) is 11.2 Å². The van der Waals surface area contributed by atoms with Gasteiger partial charge < -0.3 is 10.3 Å². The van der Waals surface area contributed by atoms with Crippen molar-refractivity contribution in [1.82, 2.24) is 4.57 Å². The highest BCUT2D eigenvalue weighted by Gasteiger charge is 2.15. The zero-order valence-electron chi connectivity index (χ0n) is 12.8. The first kappa shape index (κ1) is 15.9. The van der Waals surface area contributed by atoms with Crippen LogP contribution >= 0.6 is 0 Å². The zero-order chi connectivity index (χ0) is 16.4. The fourth-order valence-corrected chi connectivity index (χ4v) is 2.42. The van der Waals surface area contributed by atoms with Crippen LogP contribution in [0.5, 0.6) is 0 Å². The van der Waals surface area contributed by atoms with E-state index in [1.165, 1.54) is 12.1 Å². The lowest BCUT2D eigenvalue weighted by Gasteiger charge is -2.19. The third-order valence-electron chi connectivity index (χ3n) is 3.53. The molecule has 1 aromatic carbocycles. The standard InChI is InChI=1S/C16H19N3O3/c1-10(2)18-15(9-8-14(11(3)17)16(18)20)12-4-6-13(7-5-12)19(21)22/h4-11H,17H2,1-3H3. The van der Waals surface area contributed by atoms with Gasteiger partial charge in [-0.05, 0) is 50.6 Å². The minimum atomic E-state index is -0.446. The Hall–Kier alpha value is -2.47. The van der Waals surface area contributed by atoms with Crippen LogP contribution in [-0.2, 0) is 0 Å². The second kappa shape index (κ2) is 6.11. The molecule has 0 amide bonds. The molecule has 0 saturated heterocycles. The fraction of sp³-hybridized carbons (Fsp3) is 0.312. The lowest BCUT2D eigenvalue weighted by atomic mass is 10.1. The summed E-state index contributed by atoms with van der Waals surface area (Å²) in [5.74, 6) is 0. The number of benzene rings is 1. The molecule has 0 saturated carbocycles. The predicted molar refractivity (Wildman–Crippen MR) is 85.8 cm³/mol. The van der Waals surface area contributed by atoms with E-state index in [2.05, 4.69) is 0 Å². The number of nitro groups is 1. The van der Waals surface area contributed by atoms with Gasteiger partial charge in [0.1, 0.15) is 0 Å². The quantitative estimate of drug-likeness (QED) is 0.694. The molecule has 1 atom stereocenters. The maximum atomic E-state index is 12.6. The lowest BCUT2D eigenvalue weighted by Crippen LogP contribution is -2.29.